The molecule has 0 saturated carbocycles. The molecule has 0 aromatic heterocycles. The number of thiocarbonyl (C=S) groups is 1. The third-order valence-corrected chi connectivity index (χ3v) is 8.67. The number of carbonyl (C=O) groups is 3. The second kappa shape index (κ2) is 16.9. The molecule has 13 heteroatoms. The van der Waals surface area contributed by atoms with Crippen LogP contribution in [0.1, 0.15) is 81.5 Å². The van der Waals surface area contributed by atoms with E-state index in [9.17, 15) is 29.4 Å². The summed E-state index contributed by atoms with van der Waals surface area (Å²) in [6.45, 7) is 2.45. The number of esters is 1. The fourth-order valence-corrected chi connectivity index (χ4v) is 6.15. The molecule has 5 rings (SSSR count). The van der Waals surface area contributed by atoms with E-state index in [1.807, 2.05) is 0 Å². The minimum Gasteiger partial charge on any atom is -0.508 e. The molecule has 2 aromatic rings. The molecule has 1 amide bonds. The molecule has 2 aromatic carbocycles. The normalized spacial score (nSPS) is 14.5. The Hall–Kier alpha value is -5.30. The SMILES string of the molecule is CCCCCCCCCC(CC(=O)NC1CCOC1=O)=NNC(=S)Nc1ccc(-c2c3ccc(=O)cc-3oc3cc(O)ccc23)c(C(=O)O)c1. The van der Waals surface area contributed by atoms with Crippen LogP contribution >= 0.6 is 12.2 Å². The Morgan fingerprint density at radius 2 is 1.72 bits per heavy atom. The van der Waals surface area contributed by atoms with Gasteiger partial charge in [-0.2, -0.15) is 5.10 Å². The number of cyclic esters (lactones) is 1. The highest BCUT2D eigenvalue weighted by Gasteiger charge is 2.28. The van der Waals surface area contributed by atoms with Gasteiger partial charge in [0, 0.05) is 46.5 Å². The lowest BCUT2D eigenvalue weighted by Crippen LogP contribution is -2.39. The third-order valence-electron chi connectivity index (χ3n) is 8.47. The van der Waals surface area contributed by atoms with Crippen LogP contribution in [0.15, 0.2) is 68.9 Å². The van der Waals surface area contributed by atoms with Crippen molar-refractivity contribution in [3.8, 4) is 28.2 Å². The number of unbranched alkanes of at least 4 members (excludes halogenated alkanes) is 6. The number of anilines is 1. The summed E-state index contributed by atoms with van der Waals surface area (Å²) < 4.78 is 10.8. The molecule has 1 fully saturated rings. The van der Waals surface area contributed by atoms with Gasteiger partial charge in [-0.25, -0.2) is 9.59 Å². The van der Waals surface area contributed by atoms with E-state index in [0.29, 0.717) is 46.3 Å². The monoisotopic (exact) mass is 700 g/mol. The molecule has 1 aliphatic carbocycles. The van der Waals surface area contributed by atoms with Crippen molar-refractivity contribution in [3.63, 3.8) is 0 Å². The molecule has 2 aliphatic heterocycles. The summed E-state index contributed by atoms with van der Waals surface area (Å²) in [5.74, 6) is -1.78. The summed E-state index contributed by atoms with van der Waals surface area (Å²) in [5, 5.41) is 31.1. The first-order valence-electron chi connectivity index (χ1n) is 16.8. The molecular weight excluding hydrogens is 660 g/mol. The zero-order valence-corrected chi connectivity index (χ0v) is 28.6. The number of hydrazone groups is 1. The number of carboxylic acids is 1. The van der Waals surface area contributed by atoms with Crippen LogP contribution < -0.4 is 21.5 Å². The number of carbonyl (C=O) groups excluding carboxylic acids is 2. The summed E-state index contributed by atoms with van der Waals surface area (Å²) in [7, 11) is 0. The Bertz CT molecular complexity index is 1960. The number of nitrogens with zero attached hydrogens (tertiary/aromatic N) is 1. The number of nitrogens with one attached hydrogen (secondary N) is 3. The number of carboxylic acid groups (broad SMARTS) is 1. The highest BCUT2D eigenvalue weighted by Crippen LogP contribution is 2.42. The Kier molecular flexibility index (Phi) is 12.2. The number of rotatable bonds is 15. The molecule has 1 unspecified atom stereocenters. The molecule has 5 N–H and O–H groups in total. The van der Waals surface area contributed by atoms with Gasteiger partial charge in [-0.1, -0.05) is 51.5 Å². The van der Waals surface area contributed by atoms with Crippen molar-refractivity contribution >= 4 is 57.5 Å². The average molecular weight is 701 g/mol. The van der Waals surface area contributed by atoms with Crippen LogP contribution in [0.4, 0.5) is 5.69 Å². The highest BCUT2D eigenvalue weighted by molar-refractivity contribution is 7.80. The minimum atomic E-state index is -1.20. The lowest BCUT2D eigenvalue weighted by Gasteiger charge is -2.18. The number of hydrogen-bond acceptors (Lipinski definition) is 9. The van der Waals surface area contributed by atoms with Crippen molar-refractivity contribution in [3.05, 3.63) is 70.4 Å². The molecule has 0 radical (unpaired) electrons. The first-order chi connectivity index (χ1) is 24.1. The number of phenolic OH excluding ortho intramolecular Hbond substituents is 1. The summed E-state index contributed by atoms with van der Waals surface area (Å²) in [6, 6.07) is 12.9. The Morgan fingerprint density at radius 3 is 2.46 bits per heavy atom. The lowest BCUT2D eigenvalue weighted by molar-refractivity contribution is -0.141. The van der Waals surface area contributed by atoms with E-state index in [4.69, 9.17) is 21.4 Å². The van der Waals surface area contributed by atoms with Gasteiger partial charge >= 0.3 is 11.9 Å². The molecule has 3 aliphatic rings. The molecule has 2 heterocycles. The lowest BCUT2D eigenvalue weighted by atomic mass is 9.90. The second-order valence-corrected chi connectivity index (χ2v) is 12.7. The van der Waals surface area contributed by atoms with Gasteiger partial charge in [0.05, 0.1) is 18.6 Å². The quantitative estimate of drug-likeness (QED) is 0.0226. The maximum Gasteiger partial charge on any atom is 0.336 e. The van der Waals surface area contributed by atoms with Gasteiger partial charge < -0.3 is 30.0 Å². The van der Waals surface area contributed by atoms with E-state index in [1.165, 1.54) is 49.6 Å². The number of benzene rings is 3. The predicted octanol–water partition coefficient (Wildman–Crippen LogP) is 6.57. The highest BCUT2D eigenvalue weighted by atomic mass is 32.1. The van der Waals surface area contributed by atoms with E-state index in [0.717, 1.165) is 25.7 Å². The number of aromatic hydroxyl groups is 1. The first-order valence-corrected chi connectivity index (χ1v) is 17.2. The summed E-state index contributed by atoms with van der Waals surface area (Å²) in [4.78, 5) is 49.3. The molecule has 1 saturated heterocycles. The molecular formula is C37H40N4O8S. The van der Waals surface area contributed by atoms with Crippen LogP contribution in [0.5, 0.6) is 5.75 Å². The molecule has 0 spiro atoms. The number of phenols is 1. The Morgan fingerprint density at radius 1 is 0.960 bits per heavy atom. The molecule has 1 atom stereocenters. The van der Waals surface area contributed by atoms with Crippen molar-refractivity contribution in [1.29, 1.82) is 0 Å². The molecule has 0 bridgehead atoms. The second-order valence-electron chi connectivity index (χ2n) is 12.2. The molecule has 12 nitrogen and oxygen atoms in total. The topological polar surface area (TPSA) is 180 Å². The average Bonchev–Trinajstić information content (AvgIpc) is 3.48. The maximum absolute atomic E-state index is 12.8. The van der Waals surface area contributed by atoms with Gasteiger partial charge in [0.2, 0.25) is 5.91 Å². The predicted molar refractivity (Wildman–Crippen MR) is 195 cm³/mol. The van der Waals surface area contributed by atoms with E-state index in [-0.39, 0.29) is 52.1 Å². The number of hydrogen-bond donors (Lipinski definition) is 5. The van der Waals surface area contributed by atoms with Crippen molar-refractivity contribution < 1.29 is 33.8 Å². The van der Waals surface area contributed by atoms with Gasteiger partial charge in [0.15, 0.2) is 10.5 Å². The van der Waals surface area contributed by atoms with Crippen LogP contribution in [-0.2, 0) is 14.3 Å². The van der Waals surface area contributed by atoms with Gasteiger partial charge in [-0.15, -0.1) is 0 Å². The number of aromatic carboxylic acids is 1. The third kappa shape index (κ3) is 9.23. The van der Waals surface area contributed by atoms with Crippen molar-refractivity contribution in [2.24, 2.45) is 5.10 Å². The zero-order chi connectivity index (χ0) is 35.6. The van der Waals surface area contributed by atoms with Crippen LogP contribution in [0.25, 0.3) is 33.4 Å². The Balaban J connectivity index is 1.34. The first kappa shape index (κ1) is 36.0. The number of amides is 1. The molecule has 50 heavy (non-hydrogen) atoms. The van der Waals surface area contributed by atoms with E-state index in [1.54, 1.807) is 24.3 Å². The van der Waals surface area contributed by atoms with Gasteiger partial charge in [0.1, 0.15) is 23.1 Å². The van der Waals surface area contributed by atoms with E-state index in [2.05, 4.69) is 28.1 Å². The Labute approximate surface area is 294 Å². The smallest absolute Gasteiger partial charge is 0.336 e. The van der Waals surface area contributed by atoms with Crippen LogP contribution in [0.3, 0.4) is 0 Å². The maximum atomic E-state index is 12.8. The fraction of sp³-hybridized carbons (Fsp3) is 0.351. The number of fused-ring (bicyclic) bond motifs is 2. The molecule has 262 valence electrons. The summed E-state index contributed by atoms with van der Waals surface area (Å²) in [5.41, 5.74) is 5.09. The number of ether oxygens (including phenoxy) is 1. The van der Waals surface area contributed by atoms with Crippen LogP contribution in [-0.4, -0.2) is 51.5 Å². The van der Waals surface area contributed by atoms with Crippen molar-refractivity contribution in [2.75, 3.05) is 11.9 Å². The van der Waals surface area contributed by atoms with Gasteiger partial charge in [0.25, 0.3) is 0 Å². The van der Waals surface area contributed by atoms with Gasteiger partial charge in [-0.05, 0) is 67.0 Å². The summed E-state index contributed by atoms with van der Waals surface area (Å²) in [6.07, 6.45) is 8.62. The standard InChI is InChI=1S/C37H40N4O8S/c1-2-3-4-5-6-7-8-9-23(19-33(44)39-30-16-17-48-36(30)47)40-41-37(50)38-22-10-13-26(29(18-22)35(45)46)34-27-14-11-24(42)20-31(27)49-32-21-25(43)12-15-28(32)34/h10-15,18,20-21,30,42H,2-9,16-17,19H2,1H3,(H,39,44)(H,45,46)(H2,38,41,50). The van der Waals surface area contributed by atoms with Crippen LogP contribution in [0.2, 0.25) is 0 Å². The zero-order valence-electron chi connectivity index (χ0n) is 27.8. The largest absolute Gasteiger partial charge is 0.508 e. The fourth-order valence-electron chi connectivity index (χ4n) is 5.98. The van der Waals surface area contributed by atoms with Crippen molar-refractivity contribution in [1.82, 2.24) is 10.7 Å². The van der Waals surface area contributed by atoms with E-state index < -0.39 is 18.0 Å². The van der Waals surface area contributed by atoms with Gasteiger partial charge in [-0.3, -0.25) is 15.0 Å². The van der Waals surface area contributed by atoms with Crippen LogP contribution in [0, 0.1) is 0 Å². The van der Waals surface area contributed by atoms with E-state index >= 15 is 0 Å². The van der Waals surface area contributed by atoms with Crippen molar-refractivity contribution in [2.45, 2.75) is 77.2 Å². The minimum absolute atomic E-state index is 0.0238. The summed E-state index contributed by atoms with van der Waals surface area (Å²) >= 11 is 5.48.